The van der Waals surface area contributed by atoms with Gasteiger partial charge in [-0.15, -0.1) is 0 Å². The zero-order valence-corrected chi connectivity index (χ0v) is 14.8. The summed E-state index contributed by atoms with van der Waals surface area (Å²) < 4.78 is 5.25. The number of nitrogens with one attached hydrogen (secondary N) is 1. The molecule has 0 bridgehead atoms. The van der Waals surface area contributed by atoms with Crippen molar-refractivity contribution in [3.63, 3.8) is 0 Å². The summed E-state index contributed by atoms with van der Waals surface area (Å²) in [5.74, 6) is -0.490. The lowest BCUT2D eigenvalue weighted by Crippen LogP contribution is -2.44. The van der Waals surface area contributed by atoms with E-state index in [-0.39, 0.29) is 12.6 Å². The van der Waals surface area contributed by atoms with Gasteiger partial charge in [0.05, 0.1) is 10.4 Å². The van der Waals surface area contributed by atoms with Crippen molar-refractivity contribution in [2.75, 3.05) is 11.9 Å². The molecule has 130 valence electrons. The van der Waals surface area contributed by atoms with Gasteiger partial charge >= 0.3 is 5.97 Å². The lowest BCUT2D eigenvalue weighted by atomic mass is 9.64. The number of esters is 1. The van der Waals surface area contributed by atoms with Crippen LogP contribution in [0.25, 0.3) is 0 Å². The zero-order valence-electron chi connectivity index (χ0n) is 13.3. The molecule has 0 radical (unpaired) electrons. The molecule has 7 heteroatoms. The first-order chi connectivity index (χ1) is 12.0. The van der Waals surface area contributed by atoms with Crippen LogP contribution in [0, 0.1) is 0 Å². The van der Waals surface area contributed by atoms with Gasteiger partial charge in [-0.2, -0.15) is 0 Å². The minimum absolute atomic E-state index is 0.349. The summed E-state index contributed by atoms with van der Waals surface area (Å²) in [4.78, 5) is 28.5. The molecule has 1 N–H and O–H groups in total. The fraction of sp³-hybridized carbons (Fsp3) is 0.278. The van der Waals surface area contributed by atoms with E-state index in [0.29, 0.717) is 28.7 Å². The van der Waals surface area contributed by atoms with Crippen molar-refractivity contribution in [3.05, 3.63) is 58.2 Å². The van der Waals surface area contributed by atoms with Crippen LogP contribution in [0.5, 0.6) is 0 Å². The van der Waals surface area contributed by atoms with Crippen molar-refractivity contribution in [1.82, 2.24) is 4.98 Å². The number of anilines is 1. The van der Waals surface area contributed by atoms with Crippen molar-refractivity contribution >= 4 is 40.9 Å². The van der Waals surface area contributed by atoms with Crippen molar-refractivity contribution in [1.29, 1.82) is 0 Å². The van der Waals surface area contributed by atoms with Gasteiger partial charge in [-0.25, -0.2) is 4.98 Å². The van der Waals surface area contributed by atoms with Gasteiger partial charge in [-0.3, -0.25) is 9.59 Å². The lowest BCUT2D eigenvalue weighted by molar-refractivity contribution is -0.156. The first kappa shape index (κ1) is 17.7. The summed E-state index contributed by atoms with van der Waals surface area (Å²) in [6, 6.07) is 10.4. The number of aromatic nitrogens is 1. The van der Waals surface area contributed by atoms with Gasteiger partial charge in [-0.1, -0.05) is 41.8 Å². The maximum Gasteiger partial charge on any atom is 0.317 e. The number of rotatable bonds is 5. The number of hydrogen-bond donors (Lipinski definition) is 1. The molecular weight excluding hydrogens is 363 g/mol. The highest BCUT2D eigenvalue weighted by Gasteiger charge is 2.47. The summed E-state index contributed by atoms with van der Waals surface area (Å²) >= 11 is 11.6. The Labute approximate surface area is 155 Å². The predicted octanol–water partition coefficient (Wildman–Crippen LogP) is 3.99. The number of pyridine rings is 1. The number of amides is 1. The molecule has 1 aliphatic rings. The fourth-order valence-electron chi connectivity index (χ4n) is 2.81. The number of ether oxygens (including phenoxy) is 1. The van der Waals surface area contributed by atoms with Crippen molar-refractivity contribution in [2.24, 2.45) is 0 Å². The molecule has 0 aliphatic heterocycles. The molecule has 25 heavy (non-hydrogen) atoms. The lowest BCUT2D eigenvalue weighted by Gasteiger charge is -2.39. The van der Waals surface area contributed by atoms with E-state index in [1.54, 1.807) is 24.3 Å². The number of nitrogens with zero attached hydrogens (tertiary/aromatic N) is 1. The third-order valence-electron chi connectivity index (χ3n) is 4.32. The standard InChI is InChI=1S/C18H16Cl2N2O3/c19-13-4-2-12(3-5-13)18(8-1-9-18)17(24)25-11-16(23)22-15-7-6-14(20)10-21-15/h2-7,10H,1,8-9,11H2,(H,21,22,23). The van der Waals surface area contributed by atoms with Gasteiger partial charge in [0, 0.05) is 11.2 Å². The molecule has 1 fully saturated rings. The van der Waals surface area contributed by atoms with Crippen LogP contribution in [0.3, 0.4) is 0 Å². The molecule has 3 rings (SSSR count). The maximum atomic E-state index is 12.6. The van der Waals surface area contributed by atoms with Gasteiger partial charge in [0.1, 0.15) is 5.82 Å². The summed E-state index contributed by atoms with van der Waals surface area (Å²) in [6.45, 7) is -0.363. The molecule has 1 amide bonds. The van der Waals surface area contributed by atoms with Crippen molar-refractivity contribution in [3.8, 4) is 0 Å². The smallest absolute Gasteiger partial charge is 0.317 e. The van der Waals surface area contributed by atoms with E-state index in [1.165, 1.54) is 6.20 Å². The molecule has 2 aromatic rings. The van der Waals surface area contributed by atoms with Crippen LogP contribution in [0.4, 0.5) is 5.82 Å². The average molecular weight is 379 g/mol. The Morgan fingerprint density at radius 2 is 1.76 bits per heavy atom. The highest BCUT2D eigenvalue weighted by molar-refractivity contribution is 6.30. The zero-order chi connectivity index (χ0) is 17.9. The van der Waals surface area contributed by atoms with Crippen LogP contribution in [-0.2, 0) is 19.7 Å². The van der Waals surface area contributed by atoms with Crippen LogP contribution in [-0.4, -0.2) is 23.5 Å². The van der Waals surface area contributed by atoms with E-state index in [9.17, 15) is 9.59 Å². The Hall–Kier alpha value is -2.11. The normalized spacial score (nSPS) is 15.1. The summed E-state index contributed by atoms with van der Waals surface area (Å²) in [6.07, 6.45) is 3.77. The van der Waals surface area contributed by atoms with Crippen LogP contribution in [0.2, 0.25) is 10.0 Å². The molecule has 0 spiro atoms. The molecule has 1 saturated carbocycles. The van der Waals surface area contributed by atoms with Crippen LogP contribution < -0.4 is 5.32 Å². The molecular formula is C18H16Cl2N2O3. The first-order valence-corrected chi connectivity index (χ1v) is 8.60. The van der Waals surface area contributed by atoms with Crippen LogP contribution in [0.15, 0.2) is 42.6 Å². The molecule has 1 heterocycles. The quantitative estimate of drug-likeness (QED) is 0.798. The summed E-state index contributed by atoms with van der Waals surface area (Å²) in [5, 5.41) is 3.64. The van der Waals surface area contributed by atoms with Gasteiger partial charge in [0.2, 0.25) is 0 Å². The second kappa shape index (κ2) is 7.42. The molecule has 1 aliphatic carbocycles. The van der Waals surface area contributed by atoms with Gasteiger partial charge in [-0.05, 0) is 42.7 Å². The molecule has 0 unspecified atom stereocenters. The number of hydrogen-bond acceptors (Lipinski definition) is 4. The topological polar surface area (TPSA) is 68.3 Å². The Morgan fingerprint density at radius 3 is 2.32 bits per heavy atom. The van der Waals surface area contributed by atoms with Gasteiger partial charge < -0.3 is 10.1 Å². The van der Waals surface area contributed by atoms with Gasteiger partial charge in [0.25, 0.3) is 5.91 Å². The third kappa shape index (κ3) is 3.94. The molecule has 1 aromatic carbocycles. The minimum Gasteiger partial charge on any atom is -0.455 e. The van der Waals surface area contributed by atoms with E-state index in [1.807, 2.05) is 12.1 Å². The van der Waals surface area contributed by atoms with Crippen molar-refractivity contribution < 1.29 is 14.3 Å². The number of benzene rings is 1. The Morgan fingerprint density at radius 1 is 1.08 bits per heavy atom. The highest BCUT2D eigenvalue weighted by Crippen LogP contribution is 2.45. The number of halogens is 2. The predicted molar refractivity (Wildman–Crippen MR) is 95.8 cm³/mol. The second-order valence-electron chi connectivity index (χ2n) is 5.93. The van der Waals surface area contributed by atoms with E-state index >= 15 is 0 Å². The van der Waals surface area contributed by atoms with E-state index < -0.39 is 11.3 Å². The second-order valence-corrected chi connectivity index (χ2v) is 6.80. The number of carbonyl (C=O) groups excluding carboxylic acids is 2. The SMILES string of the molecule is O=C(COC(=O)C1(c2ccc(Cl)cc2)CCC1)Nc1ccc(Cl)cn1. The first-order valence-electron chi connectivity index (χ1n) is 7.84. The third-order valence-corrected chi connectivity index (χ3v) is 4.80. The van der Waals surface area contributed by atoms with Gasteiger partial charge in [0.15, 0.2) is 6.61 Å². The van der Waals surface area contributed by atoms with E-state index in [4.69, 9.17) is 27.9 Å². The molecule has 5 nitrogen and oxygen atoms in total. The molecule has 0 saturated heterocycles. The minimum atomic E-state index is -0.677. The summed E-state index contributed by atoms with van der Waals surface area (Å²) in [5.41, 5.74) is 0.191. The molecule has 0 atom stereocenters. The summed E-state index contributed by atoms with van der Waals surface area (Å²) in [7, 11) is 0. The van der Waals surface area contributed by atoms with E-state index in [2.05, 4.69) is 10.3 Å². The van der Waals surface area contributed by atoms with Crippen LogP contribution in [0.1, 0.15) is 24.8 Å². The van der Waals surface area contributed by atoms with Crippen LogP contribution >= 0.6 is 23.2 Å². The van der Waals surface area contributed by atoms with E-state index in [0.717, 1.165) is 12.0 Å². The Balaban J connectivity index is 1.60. The largest absolute Gasteiger partial charge is 0.455 e. The molecule has 1 aromatic heterocycles. The maximum absolute atomic E-state index is 12.6. The Kier molecular flexibility index (Phi) is 5.25. The Bertz CT molecular complexity index is 772. The van der Waals surface area contributed by atoms with Crippen molar-refractivity contribution in [2.45, 2.75) is 24.7 Å². The fourth-order valence-corrected chi connectivity index (χ4v) is 3.05. The number of carbonyl (C=O) groups is 2. The average Bonchev–Trinajstić information content (AvgIpc) is 2.56. The monoisotopic (exact) mass is 378 g/mol. The highest BCUT2D eigenvalue weighted by atomic mass is 35.5.